The summed E-state index contributed by atoms with van der Waals surface area (Å²) in [5.74, 6) is 0. The lowest BCUT2D eigenvalue weighted by atomic mass is 10.1. The molecule has 2 aliphatic heterocycles. The highest BCUT2D eigenvalue weighted by molar-refractivity contribution is 5.51. The van der Waals surface area contributed by atoms with Crippen molar-refractivity contribution in [2.45, 2.75) is 12.7 Å². The molecule has 1 fully saturated rings. The number of nitrogens with zero attached hydrogens (tertiary/aromatic N) is 3. The molecule has 0 atom stereocenters. The summed E-state index contributed by atoms with van der Waals surface area (Å²) in [5, 5.41) is 3.45. The highest BCUT2D eigenvalue weighted by Crippen LogP contribution is 2.31. The van der Waals surface area contributed by atoms with Gasteiger partial charge in [-0.1, -0.05) is 24.8 Å². The van der Waals surface area contributed by atoms with Crippen LogP contribution in [0.5, 0.6) is 0 Å². The lowest BCUT2D eigenvalue weighted by Gasteiger charge is -2.32. The average molecular weight is 392 g/mol. The predicted octanol–water partition coefficient (Wildman–Crippen LogP) is 3.68. The van der Waals surface area contributed by atoms with Crippen LogP contribution >= 0.6 is 0 Å². The van der Waals surface area contributed by atoms with Crippen molar-refractivity contribution >= 4 is 5.69 Å². The van der Waals surface area contributed by atoms with Crippen molar-refractivity contribution in [3.63, 3.8) is 0 Å². The molecule has 2 heterocycles. The molecule has 7 heteroatoms. The lowest BCUT2D eigenvalue weighted by molar-refractivity contribution is -0.0893. The first-order valence-electron chi connectivity index (χ1n) is 9.48. The second-order valence-electron chi connectivity index (χ2n) is 7.26. The lowest BCUT2D eigenvalue weighted by Crippen LogP contribution is -2.45. The predicted molar refractivity (Wildman–Crippen MR) is 107 cm³/mol. The van der Waals surface area contributed by atoms with Gasteiger partial charge in [0.15, 0.2) is 0 Å². The molecule has 1 aromatic rings. The zero-order valence-corrected chi connectivity index (χ0v) is 16.2. The van der Waals surface area contributed by atoms with Gasteiger partial charge < -0.3 is 15.1 Å². The minimum atomic E-state index is -4.37. The van der Waals surface area contributed by atoms with Crippen molar-refractivity contribution in [2.75, 3.05) is 51.6 Å². The zero-order chi connectivity index (χ0) is 20.1. The number of anilines is 1. The molecule has 0 spiro atoms. The van der Waals surface area contributed by atoms with E-state index < -0.39 is 11.7 Å². The van der Waals surface area contributed by atoms with Gasteiger partial charge in [0.2, 0.25) is 0 Å². The second-order valence-corrected chi connectivity index (χ2v) is 7.26. The summed E-state index contributed by atoms with van der Waals surface area (Å²) in [7, 11) is 2.13. The number of halogens is 3. The fourth-order valence-corrected chi connectivity index (χ4v) is 3.32. The number of nitrogens with one attached hydrogen (secondary N) is 1. The number of alkyl halides is 3. The van der Waals surface area contributed by atoms with Crippen LogP contribution in [0.3, 0.4) is 0 Å². The summed E-state index contributed by atoms with van der Waals surface area (Å²) in [6.07, 6.45) is -0.760. The molecule has 2 aliphatic rings. The van der Waals surface area contributed by atoms with Crippen LogP contribution in [0.2, 0.25) is 0 Å². The van der Waals surface area contributed by atoms with Crippen LogP contribution in [-0.2, 0) is 6.54 Å². The molecule has 0 aromatic heterocycles. The summed E-state index contributed by atoms with van der Waals surface area (Å²) < 4.78 is 39.1. The van der Waals surface area contributed by atoms with Crippen molar-refractivity contribution in [1.29, 1.82) is 0 Å². The number of hydrogen-bond donors (Lipinski definition) is 1. The van der Waals surface area contributed by atoms with E-state index in [1.54, 1.807) is 4.90 Å². The fourth-order valence-electron chi connectivity index (χ4n) is 3.32. The Bertz CT molecular complexity index is 746. The summed E-state index contributed by atoms with van der Waals surface area (Å²) in [6, 6.07) is 7.74. The van der Waals surface area contributed by atoms with E-state index in [9.17, 15) is 13.2 Å². The first kappa shape index (κ1) is 20.5. The van der Waals surface area contributed by atoms with E-state index in [1.165, 1.54) is 6.08 Å². The van der Waals surface area contributed by atoms with Gasteiger partial charge in [-0.25, -0.2) is 0 Å². The highest BCUT2D eigenvalue weighted by Gasteiger charge is 2.33. The van der Waals surface area contributed by atoms with E-state index in [-0.39, 0.29) is 0 Å². The fraction of sp³-hybridized carbons (Fsp3) is 0.429. The van der Waals surface area contributed by atoms with Gasteiger partial charge in [-0.3, -0.25) is 4.90 Å². The molecule has 1 aromatic carbocycles. The van der Waals surface area contributed by atoms with E-state index >= 15 is 0 Å². The number of para-hydroxylation sites is 1. The number of allylic oxidation sites excluding steroid dienone is 3. The Hall–Kier alpha value is -2.25. The first-order valence-corrected chi connectivity index (χ1v) is 9.48. The minimum Gasteiger partial charge on any atom is -0.383 e. The SMILES string of the molecule is C=C1C=CC(C(F)(F)F)=CN1Cc1ccccc1NCCN1CCN(C)CC1. The maximum Gasteiger partial charge on any atom is 0.417 e. The van der Waals surface area contributed by atoms with Crippen LogP contribution in [-0.4, -0.2) is 67.2 Å². The molecule has 152 valence electrons. The Morgan fingerprint density at radius 1 is 1.07 bits per heavy atom. The van der Waals surface area contributed by atoms with Crippen LogP contribution in [0.25, 0.3) is 0 Å². The molecule has 0 aliphatic carbocycles. The Morgan fingerprint density at radius 2 is 1.79 bits per heavy atom. The third kappa shape index (κ3) is 5.39. The molecule has 28 heavy (non-hydrogen) atoms. The Kier molecular flexibility index (Phi) is 6.46. The van der Waals surface area contributed by atoms with Crippen molar-refractivity contribution < 1.29 is 13.2 Å². The zero-order valence-electron chi connectivity index (χ0n) is 16.2. The van der Waals surface area contributed by atoms with Crippen molar-refractivity contribution in [1.82, 2.24) is 14.7 Å². The molecule has 0 saturated carbocycles. The van der Waals surface area contributed by atoms with Gasteiger partial charge in [0, 0.05) is 63.4 Å². The minimum absolute atomic E-state index is 0.334. The number of benzene rings is 1. The van der Waals surface area contributed by atoms with Crippen LogP contribution in [0.15, 0.2) is 60.5 Å². The molecule has 4 nitrogen and oxygen atoms in total. The topological polar surface area (TPSA) is 21.8 Å². The van der Waals surface area contributed by atoms with E-state index in [0.717, 1.165) is 62.8 Å². The van der Waals surface area contributed by atoms with Crippen LogP contribution in [0, 0.1) is 0 Å². The molecule has 1 N–H and O–H groups in total. The quantitative estimate of drug-likeness (QED) is 0.797. The number of rotatable bonds is 6. The van der Waals surface area contributed by atoms with Gasteiger partial charge >= 0.3 is 6.18 Å². The van der Waals surface area contributed by atoms with Gasteiger partial charge in [0.25, 0.3) is 0 Å². The van der Waals surface area contributed by atoms with E-state index in [0.29, 0.717) is 12.2 Å². The maximum absolute atomic E-state index is 13.0. The second kappa shape index (κ2) is 8.84. The van der Waals surface area contributed by atoms with Gasteiger partial charge in [-0.05, 0) is 30.8 Å². The molecule has 0 radical (unpaired) electrons. The van der Waals surface area contributed by atoms with E-state index in [4.69, 9.17) is 0 Å². The normalized spacial score (nSPS) is 19.1. The molecule has 0 bridgehead atoms. The van der Waals surface area contributed by atoms with Crippen LogP contribution in [0.1, 0.15) is 5.56 Å². The smallest absolute Gasteiger partial charge is 0.383 e. The molecule has 3 rings (SSSR count). The van der Waals surface area contributed by atoms with Crippen molar-refractivity contribution in [2.24, 2.45) is 0 Å². The Balaban J connectivity index is 1.61. The molecular weight excluding hydrogens is 365 g/mol. The first-order chi connectivity index (χ1) is 13.3. The standard InChI is InChI=1S/C21H27F3N4/c1-17-7-8-19(21(22,23)24)16-28(17)15-18-5-3-4-6-20(18)25-9-10-27-13-11-26(2)12-14-27/h3-8,16,25H,1,9-15H2,2H3. The molecular formula is C21H27F3N4. The summed E-state index contributed by atoms with van der Waals surface area (Å²) in [6.45, 7) is 10.2. The van der Waals surface area contributed by atoms with Crippen LogP contribution < -0.4 is 5.32 Å². The van der Waals surface area contributed by atoms with Gasteiger partial charge in [0.05, 0.1) is 5.57 Å². The van der Waals surface area contributed by atoms with Gasteiger partial charge in [-0.15, -0.1) is 0 Å². The molecule has 1 saturated heterocycles. The largest absolute Gasteiger partial charge is 0.417 e. The van der Waals surface area contributed by atoms with Gasteiger partial charge in [0.1, 0.15) is 0 Å². The maximum atomic E-state index is 13.0. The van der Waals surface area contributed by atoms with E-state index in [2.05, 4.69) is 28.7 Å². The molecule has 0 amide bonds. The number of hydrogen-bond acceptors (Lipinski definition) is 4. The Labute approximate surface area is 164 Å². The Morgan fingerprint density at radius 3 is 2.50 bits per heavy atom. The average Bonchev–Trinajstić information content (AvgIpc) is 2.65. The number of likely N-dealkylation sites (N-methyl/N-ethyl adjacent to an activating group) is 1. The summed E-state index contributed by atoms with van der Waals surface area (Å²) >= 11 is 0. The molecule has 0 unspecified atom stereocenters. The van der Waals surface area contributed by atoms with E-state index in [1.807, 2.05) is 24.3 Å². The third-order valence-corrected chi connectivity index (χ3v) is 5.14. The summed E-state index contributed by atoms with van der Waals surface area (Å²) in [4.78, 5) is 6.29. The monoisotopic (exact) mass is 392 g/mol. The van der Waals surface area contributed by atoms with Crippen molar-refractivity contribution in [3.05, 3.63) is 66.0 Å². The highest BCUT2D eigenvalue weighted by atomic mass is 19.4. The van der Waals surface area contributed by atoms with Gasteiger partial charge in [-0.2, -0.15) is 13.2 Å². The number of piperazine rings is 1. The van der Waals surface area contributed by atoms with Crippen LogP contribution in [0.4, 0.5) is 18.9 Å². The van der Waals surface area contributed by atoms with Crippen molar-refractivity contribution in [3.8, 4) is 0 Å². The third-order valence-electron chi connectivity index (χ3n) is 5.14. The summed E-state index contributed by atoms with van der Waals surface area (Å²) in [5.41, 5.74) is 1.76.